The topological polar surface area (TPSA) is 42.7 Å². The van der Waals surface area contributed by atoms with Gasteiger partial charge in [-0.25, -0.2) is 0 Å². The number of benzene rings is 1. The molecule has 0 unspecified atom stereocenters. The fraction of sp³-hybridized carbons (Fsp3) is 0.318. The maximum Gasteiger partial charge on any atom is 0.261 e. The van der Waals surface area contributed by atoms with Gasteiger partial charge < -0.3 is 14.1 Å². The standard InChI is InChI=1S/C22H25NO3S/c1-22(2,3)18-6-8-19(9-7-18)26-15-21(24)23(13-17-10-12-27-16-17)14-20-5-4-11-25-20/h4-12,16H,13-15H2,1-3H3. The lowest BCUT2D eigenvalue weighted by atomic mass is 9.87. The van der Waals surface area contributed by atoms with E-state index < -0.39 is 0 Å². The van der Waals surface area contributed by atoms with Gasteiger partial charge in [0.25, 0.3) is 5.91 Å². The first-order valence-corrected chi connectivity index (χ1v) is 9.91. The Labute approximate surface area is 164 Å². The van der Waals surface area contributed by atoms with E-state index in [1.165, 1.54) is 5.56 Å². The molecule has 0 N–H and O–H groups in total. The molecule has 0 radical (unpaired) electrons. The van der Waals surface area contributed by atoms with Gasteiger partial charge in [0.2, 0.25) is 0 Å². The third kappa shape index (κ3) is 5.47. The lowest BCUT2D eigenvalue weighted by Crippen LogP contribution is -2.33. The molecule has 2 heterocycles. The molecule has 0 fully saturated rings. The minimum atomic E-state index is -0.0718. The summed E-state index contributed by atoms with van der Waals surface area (Å²) in [5.74, 6) is 1.38. The number of carbonyl (C=O) groups excluding carboxylic acids is 1. The molecule has 142 valence electrons. The van der Waals surface area contributed by atoms with Crippen molar-refractivity contribution >= 4 is 17.2 Å². The van der Waals surface area contributed by atoms with Crippen molar-refractivity contribution in [1.82, 2.24) is 4.90 Å². The Morgan fingerprint density at radius 1 is 1.11 bits per heavy atom. The molecule has 0 saturated carbocycles. The van der Waals surface area contributed by atoms with Crippen molar-refractivity contribution in [2.45, 2.75) is 39.3 Å². The van der Waals surface area contributed by atoms with Crippen molar-refractivity contribution in [2.24, 2.45) is 0 Å². The normalized spacial score (nSPS) is 11.4. The monoisotopic (exact) mass is 383 g/mol. The van der Waals surface area contributed by atoms with E-state index in [4.69, 9.17) is 9.15 Å². The van der Waals surface area contributed by atoms with E-state index in [-0.39, 0.29) is 17.9 Å². The molecule has 0 atom stereocenters. The first-order valence-electron chi connectivity index (χ1n) is 8.96. The minimum absolute atomic E-state index is 0.000287. The van der Waals surface area contributed by atoms with E-state index in [2.05, 4.69) is 26.2 Å². The quantitative estimate of drug-likeness (QED) is 0.560. The molecular formula is C22H25NO3S. The fourth-order valence-electron chi connectivity index (χ4n) is 2.71. The van der Waals surface area contributed by atoms with Crippen molar-refractivity contribution in [1.29, 1.82) is 0 Å². The van der Waals surface area contributed by atoms with Gasteiger partial charge in [-0.05, 0) is 57.6 Å². The highest BCUT2D eigenvalue weighted by atomic mass is 32.1. The van der Waals surface area contributed by atoms with Crippen LogP contribution in [0.5, 0.6) is 5.75 Å². The summed E-state index contributed by atoms with van der Waals surface area (Å²) in [4.78, 5) is 14.5. The molecule has 0 aliphatic carbocycles. The van der Waals surface area contributed by atoms with Crippen molar-refractivity contribution in [3.05, 3.63) is 76.4 Å². The summed E-state index contributed by atoms with van der Waals surface area (Å²) in [5.41, 5.74) is 2.43. The molecule has 3 aromatic rings. The third-order valence-electron chi connectivity index (χ3n) is 4.32. The zero-order valence-corrected chi connectivity index (χ0v) is 16.8. The molecule has 0 bridgehead atoms. The summed E-state index contributed by atoms with van der Waals surface area (Å²) in [5, 5.41) is 4.06. The van der Waals surface area contributed by atoms with Crippen molar-refractivity contribution in [3.63, 3.8) is 0 Å². The molecule has 5 heteroatoms. The van der Waals surface area contributed by atoms with E-state index in [1.54, 1.807) is 22.5 Å². The van der Waals surface area contributed by atoms with Crippen LogP contribution in [0.4, 0.5) is 0 Å². The first-order chi connectivity index (χ1) is 12.9. The van der Waals surface area contributed by atoms with Crippen LogP contribution in [0.15, 0.2) is 63.9 Å². The molecule has 0 aliphatic heterocycles. The van der Waals surface area contributed by atoms with Crippen LogP contribution < -0.4 is 4.74 Å². The highest BCUT2D eigenvalue weighted by Gasteiger charge is 2.18. The van der Waals surface area contributed by atoms with Crippen molar-refractivity contribution in [2.75, 3.05) is 6.61 Å². The zero-order chi connectivity index (χ0) is 19.3. The summed E-state index contributed by atoms with van der Waals surface area (Å²) in [6.45, 7) is 7.47. The molecule has 4 nitrogen and oxygen atoms in total. The Bertz CT molecular complexity index is 795. The third-order valence-corrected chi connectivity index (χ3v) is 5.05. The van der Waals surface area contributed by atoms with E-state index in [0.29, 0.717) is 18.8 Å². The van der Waals surface area contributed by atoms with E-state index in [0.717, 1.165) is 11.3 Å². The Kier molecular flexibility index (Phi) is 6.01. The first kappa shape index (κ1) is 19.2. The summed E-state index contributed by atoms with van der Waals surface area (Å²) in [6, 6.07) is 13.7. The van der Waals surface area contributed by atoms with Crippen LogP contribution >= 0.6 is 11.3 Å². The summed E-state index contributed by atoms with van der Waals surface area (Å²) in [7, 11) is 0. The predicted molar refractivity (Wildman–Crippen MR) is 108 cm³/mol. The van der Waals surface area contributed by atoms with E-state index >= 15 is 0 Å². The fourth-order valence-corrected chi connectivity index (χ4v) is 3.37. The maximum atomic E-state index is 12.8. The van der Waals surface area contributed by atoms with Gasteiger partial charge >= 0.3 is 0 Å². The lowest BCUT2D eigenvalue weighted by molar-refractivity contribution is -0.134. The molecule has 1 amide bonds. The SMILES string of the molecule is CC(C)(C)c1ccc(OCC(=O)N(Cc2ccsc2)Cc2ccco2)cc1. The van der Waals surface area contributed by atoms with Gasteiger partial charge in [-0.2, -0.15) is 11.3 Å². The predicted octanol–water partition coefficient (Wildman–Crippen LogP) is 5.25. The average Bonchev–Trinajstić information content (AvgIpc) is 3.33. The number of amides is 1. The highest BCUT2D eigenvalue weighted by molar-refractivity contribution is 7.07. The van der Waals surface area contributed by atoms with Gasteiger partial charge in [-0.3, -0.25) is 4.79 Å². The molecule has 3 rings (SSSR count). The van der Waals surface area contributed by atoms with Crippen LogP contribution in [0.25, 0.3) is 0 Å². The summed E-state index contributed by atoms with van der Waals surface area (Å²) in [6.07, 6.45) is 1.62. The Morgan fingerprint density at radius 2 is 1.89 bits per heavy atom. The minimum Gasteiger partial charge on any atom is -0.484 e. The van der Waals surface area contributed by atoms with Crippen LogP contribution in [-0.2, 0) is 23.3 Å². The Hall–Kier alpha value is -2.53. The van der Waals surface area contributed by atoms with Gasteiger partial charge in [-0.15, -0.1) is 0 Å². The number of thiophene rings is 1. The number of furan rings is 1. The average molecular weight is 384 g/mol. The number of hydrogen-bond acceptors (Lipinski definition) is 4. The molecule has 0 aliphatic rings. The van der Waals surface area contributed by atoms with Gasteiger partial charge in [0, 0.05) is 6.54 Å². The second-order valence-corrected chi connectivity index (χ2v) is 8.30. The van der Waals surface area contributed by atoms with Gasteiger partial charge in [0.15, 0.2) is 6.61 Å². The van der Waals surface area contributed by atoms with Crippen molar-refractivity contribution < 1.29 is 13.9 Å². The van der Waals surface area contributed by atoms with Crippen LogP contribution in [0.1, 0.15) is 37.7 Å². The van der Waals surface area contributed by atoms with E-state index in [9.17, 15) is 4.79 Å². The van der Waals surface area contributed by atoms with Crippen LogP contribution in [0.3, 0.4) is 0 Å². The Morgan fingerprint density at radius 3 is 2.48 bits per heavy atom. The maximum absolute atomic E-state index is 12.8. The smallest absolute Gasteiger partial charge is 0.261 e. The van der Waals surface area contributed by atoms with Gasteiger partial charge in [0.1, 0.15) is 11.5 Å². The van der Waals surface area contributed by atoms with Crippen LogP contribution in [0, 0.1) is 0 Å². The number of rotatable bonds is 7. The summed E-state index contributed by atoms with van der Waals surface area (Å²) >= 11 is 1.62. The van der Waals surface area contributed by atoms with Gasteiger partial charge in [-0.1, -0.05) is 32.9 Å². The number of ether oxygens (including phenoxy) is 1. The Balaban J connectivity index is 1.63. The number of carbonyl (C=O) groups is 1. The van der Waals surface area contributed by atoms with Crippen LogP contribution in [0.2, 0.25) is 0 Å². The zero-order valence-electron chi connectivity index (χ0n) is 16.0. The molecular weight excluding hydrogens is 358 g/mol. The lowest BCUT2D eigenvalue weighted by Gasteiger charge is -2.22. The van der Waals surface area contributed by atoms with Crippen LogP contribution in [-0.4, -0.2) is 17.4 Å². The second kappa shape index (κ2) is 8.44. The van der Waals surface area contributed by atoms with Gasteiger partial charge in [0.05, 0.1) is 12.8 Å². The number of nitrogens with zero attached hydrogens (tertiary/aromatic N) is 1. The summed E-state index contributed by atoms with van der Waals surface area (Å²) < 4.78 is 11.1. The molecule has 0 saturated heterocycles. The van der Waals surface area contributed by atoms with Crippen molar-refractivity contribution in [3.8, 4) is 5.75 Å². The molecule has 27 heavy (non-hydrogen) atoms. The van der Waals surface area contributed by atoms with E-state index in [1.807, 2.05) is 47.8 Å². The molecule has 0 spiro atoms. The highest BCUT2D eigenvalue weighted by Crippen LogP contribution is 2.24. The molecule has 2 aromatic heterocycles. The number of hydrogen-bond donors (Lipinski definition) is 0. The largest absolute Gasteiger partial charge is 0.484 e. The molecule has 1 aromatic carbocycles. The second-order valence-electron chi connectivity index (χ2n) is 7.52.